The number of hydrogen-bond donors (Lipinski definition) is 1. The van der Waals surface area contributed by atoms with Crippen LogP contribution in [0.4, 0.5) is 13.2 Å². The second-order valence-corrected chi connectivity index (χ2v) is 4.51. The summed E-state index contributed by atoms with van der Waals surface area (Å²) in [7, 11) is 0. The molecule has 2 rings (SSSR count). The molecule has 3 nitrogen and oxygen atoms in total. The van der Waals surface area contributed by atoms with Gasteiger partial charge in [0.15, 0.2) is 0 Å². The number of primary amides is 1. The number of alkyl halides is 2. The second kappa shape index (κ2) is 4.41. The van der Waals surface area contributed by atoms with Crippen LogP contribution < -0.4 is 5.73 Å². The van der Waals surface area contributed by atoms with Crippen molar-refractivity contribution in [1.82, 2.24) is 4.98 Å². The van der Waals surface area contributed by atoms with E-state index in [1.807, 2.05) is 0 Å². The SMILES string of the molecule is NC(=O)C(F)(F)c1cnc(-c2ccc(F)cc2)s1. The van der Waals surface area contributed by atoms with E-state index in [9.17, 15) is 18.0 Å². The van der Waals surface area contributed by atoms with Crippen molar-refractivity contribution < 1.29 is 18.0 Å². The first-order valence-electron chi connectivity index (χ1n) is 4.81. The molecule has 0 saturated heterocycles. The average Bonchev–Trinajstić information content (AvgIpc) is 2.79. The topological polar surface area (TPSA) is 56.0 Å². The summed E-state index contributed by atoms with van der Waals surface area (Å²) in [5, 5.41) is 0.269. The number of nitrogens with two attached hydrogens (primary N) is 1. The van der Waals surface area contributed by atoms with Gasteiger partial charge in [0.05, 0.1) is 0 Å². The van der Waals surface area contributed by atoms with Gasteiger partial charge >= 0.3 is 5.92 Å². The summed E-state index contributed by atoms with van der Waals surface area (Å²) in [6, 6.07) is 5.23. The first-order chi connectivity index (χ1) is 8.41. The van der Waals surface area contributed by atoms with Gasteiger partial charge in [0.25, 0.3) is 5.91 Å². The number of nitrogens with zero attached hydrogens (tertiary/aromatic N) is 1. The molecule has 0 saturated carbocycles. The van der Waals surface area contributed by atoms with Crippen LogP contribution in [0, 0.1) is 5.82 Å². The average molecular weight is 272 g/mol. The van der Waals surface area contributed by atoms with E-state index >= 15 is 0 Å². The Bertz CT molecular complexity index is 580. The maximum absolute atomic E-state index is 13.3. The number of thiazole rings is 1. The largest absolute Gasteiger partial charge is 0.364 e. The Hall–Kier alpha value is -1.89. The molecule has 0 unspecified atom stereocenters. The van der Waals surface area contributed by atoms with Crippen molar-refractivity contribution in [1.29, 1.82) is 0 Å². The number of aromatic nitrogens is 1. The van der Waals surface area contributed by atoms with Gasteiger partial charge in [0.1, 0.15) is 15.7 Å². The molecule has 1 heterocycles. The number of halogens is 3. The minimum Gasteiger partial charge on any atom is -0.364 e. The van der Waals surface area contributed by atoms with Crippen molar-refractivity contribution in [3.63, 3.8) is 0 Å². The van der Waals surface area contributed by atoms with Gasteiger partial charge in [-0.2, -0.15) is 8.78 Å². The van der Waals surface area contributed by atoms with Crippen LogP contribution in [0.1, 0.15) is 4.88 Å². The van der Waals surface area contributed by atoms with Gasteiger partial charge in [-0.25, -0.2) is 9.37 Å². The zero-order chi connectivity index (χ0) is 13.3. The van der Waals surface area contributed by atoms with Crippen LogP contribution in [-0.2, 0) is 10.7 Å². The van der Waals surface area contributed by atoms with Crippen molar-refractivity contribution in [2.24, 2.45) is 5.73 Å². The summed E-state index contributed by atoms with van der Waals surface area (Å²) in [5.74, 6) is -5.90. The van der Waals surface area contributed by atoms with Gasteiger partial charge in [0.2, 0.25) is 0 Å². The molecule has 18 heavy (non-hydrogen) atoms. The lowest BCUT2D eigenvalue weighted by Gasteiger charge is -2.07. The van der Waals surface area contributed by atoms with E-state index in [1.54, 1.807) is 0 Å². The van der Waals surface area contributed by atoms with Gasteiger partial charge in [-0.15, -0.1) is 11.3 Å². The van der Waals surface area contributed by atoms with E-state index in [2.05, 4.69) is 10.7 Å². The lowest BCUT2D eigenvalue weighted by Crippen LogP contribution is -2.32. The standard InChI is InChI=1S/C11H7F3N2OS/c12-7-3-1-6(2-4-7)9-16-5-8(18-9)11(13,14)10(15)17/h1-5H,(H2,15,17). The molecule has 2 aromatic rings. The maximum Gasteiger partial charge on any atom is 0.359 e. The predicted molar refractivity (Wildman–Crippen MR) is 60.6 cm³/mol. The van der Waals surface area contributed by atoms with Crippen LogP contribution in [0.2, 0.25) is 0 Å². The summed E-state index contributed by atoms with van der Waals surface area (Å²) < 4.78 is 39.3. The first-order valence-corrected chi connectivity index (χ1v) is 5.63. The number of benzene rings is 1. The van der Waals surface area contributed by atoms with E-state index in [-0.39, 0.29) is 5.01 Å². The Labute approximate surface area is 104 Å². The predicted octanol–water partition coefficient (Wildman–Crippen LogP) is 2.53. The summed E-state index contributed by atoms with van der Waals surface area (Å²) in [5.41, 5.74) is 5.10. The third kappa shape index (κ3) is 2.21. The molecule has 0 radical (unpaired) electrons. The van der Waals surface area contributed by atoms with E-state index in [1.165, 1.54) is 24.3 Å². The normalized spacial score (nSPS) is 11.5. The minimum absolute atomic E-state index is 0.269. The molecule has 0 aliphatic rings. The van der Waals surface area contributed by atoms with E-state index in [0.717, 1.165) is 6.20 Å². The van der Waals surface area contributed by atoms with Gasteiger partial charge in [-0.05, 0) is 24.3 Å². The summed E-state index contributed by atoms with van der Waals surface area (Å²) in [6.07, 6.45) is 0.897. The van der Waals surface area contributed by atoms with Crippen LogP contribution in [0.15, 0.2) is 30.5 Å². The highest BCUT2D eigenvalue weighted by atomic mass is 32.1. The Balaban J connectivity index is 2.37. The zero-order valence-corrected chi connectivity index (χ0v) is 9.68. The van der Waals surface area contributed by atoms with Crippen LogP contribution in [0.5, 0.6) is 0 Å². The Kier molecular flexibility index (Phi) is 3.08. The fourth-order valence-electron chi connectivity index (χ4n) is 1.27. The van der Waals surface area contributed by atoms with Crippen LogP contribution in [-0.4, -0.2) is 10.9 Å². The molecule has 0 atom stereocenters. The van der Waals surface area contributed by atoms with Crippen molar-refractivity contribution in [2.75, 3.05) is 0 Å². The van der Waals surface area contributed by atoms with Crippen LogP contribution >= 0.6 is 11.3 Å². The Morgan fingerprint density at radius 1 is 1.28 bits per heavy atom. The van der Waals surface area contributed by atoms with Crippen molar-refractivity contribution in [2.45, 2.75) is 5.92 Å². The fraction of sp³-hybridized carbons (Fsp3) is 0.0909. The Morgan fingerprint density at radius 2 is 1.89 bits per heavy atom. The highest BCUT2D eigenvalue weighted by molar-refractivity contribution is 7.15. The molecule has 0 aliphatic carbocycles. The van der Waals surface area contributed by atoms with E-state index in [0.29, 0.717) is 16.9 Å². The quantitative estimate of drug-likeness (QED) is 0.933. The highest BCUT2D eigenvalue weighted by Crippen LogP contribution is 2.35. The zero-order valence-electron chi connectivity index (χ0n) is 8.86. The number of carbonyl (C=O) groups excluding carboxylic acids is 1. The summed E-state index contributed by atoms with van der Waals surface area (Å²) in [4.78, 5) is 13.9. The molecular weight excluding hydrogens is 265 g/mol. The molecule has 1 aromatic carbocycles. The van der Waals surface area contributed by atoms with Gasteiger partial charge < -0.3 is 5.73 Å². The molecule has 1 aromatic heterocycles. The molecular formula is C11H7F3N2OS. The van der Waals surface area contributed by atoms with Crippen LogP contribution in [0.25, 0.3) is 10.6 Å². The Morgan fingerprint density at radius 3 is 2.44 bits per heavy atom. The van der Waals surface area contributed by atoms with Gasteiger partial charge in [-0.3, -0.25) is 4.79 Å². The first kappa shape index (κ1) is 12.6. The molecule has 1 amide bonds. The highest BCUT2D eigenvalue weighted by Gasteiger charge is 2.41. The molecule has 94 valence electrons. The number of carbonyl (C=O) groups is 1. The number of hydrogen-bond acceptors (Lipinski definition) is 3. The third-order valence-electron chi connectivity index (χ3n) is 2.22. The van der Waals surface area contributed by atoms with E-state index in [4.69, 9.17) is 0 Å². The molecule has 0 spiro atoms. The minimum atomic E-state index is -3.74. The van der Waals surface area contributed by atoms with Crippen molar-refractivity contribution >= 4 is 17.2 Å². The maximum atomic E-state index is 13.3. The third-order valence-corrected chi connectivity index (χ3v) is 3.33. The van der Waals surface area contributed by atoms with Crippen molar-refractivity contribution in [3.8, 4) is 10.6 Å². The molecule has 2 N–H and O–H groups in total. The molecule has 0 bridgehead atoms. The summed E-state index contributed by atoms with van der Waals surface area (Å²) >= 11 is 0.643. The second-order valence-electron chi connectivity index (χ2n) is 3.48. The van der Waals surface area contributed by atoms with Gasteiger partial charge in [0, 0.05) is 11.8 Å². The fourth-order valence-corrected chi connectivity index (χ4v) is 2.17. The van der Waals surface area contributed by atoms with Gasteiger partial charge in [-0.1, -0.05) is 0 Å². The van der Waals surface area contributed by atoms with E-state index < -0.39 is 22.5 Å². The number of amides is 1. The summed E-state index contributed by atoms with van der Waals surface area (Å²) in [6.45, 7) is 0. The smallest absolute Gasteiger partial charge is 0.359 e. The lowest BCUT2D eigenvalue weighted by molar-refractivity contribution is -0.142. The van der Waals surface area contributed by atoms with Crippen LogP contribution in [0.3, 0.4) is 0 Å². The monoisotopic (exact) mass is 272 g/mol. The number of rotatable bonds is 3. The molecule has 0 aliphatic heterocycles. The lowest BCUT2D eigenvalue weighted by atomic mass is 10.2. The van der Waals surface area contributed by atoms with Crippen molar-refractivity contribution in [3.05, 3.63) is 41.2 Å². The molecule has 7 heteroatoms. The molecule has 0 fully saturated rings.